The Balaban J connectivity index is 1.36. The van der Waals surface area contributed by atoms with Gasteiger partial charge in [-0.05, 0) is 37.1 Å². The highest BCUT2D eigenvalue weighted by Crippen LogP contribution is 2.23. The van der Waals surface area contributed by atoms with E-state index in [1.807, 2.05) is 11.1 Å². The standard InChI is InChI=1S/C19H23FN4O2/c20-16-5-3-14(4-6-16)18-15(12-21-22-18)13-23-7-9-24(10-8-23)19(25)17-2-1-11-26-17/h3-6,12,17H,1-2,7-11,13H2,(H,21,22). The van der Waals surface area contributed by atoms with Gasteiger partial charge in [0.15, 0.2) is 0 Å². The molecule has 0 spiro atoms. The number of carbonyl (C=O) groups is 1. The van der Waals surface area contributed by atoms with Crippen LogP contribution in [0.25, 0.3) is 11.3 Å². The lowest BCUT2D eigenvalue weighted by Gasteiger charge is -2.35. The molecule has 7 heteroatoms. The molecule has 2 saturated heterocycles. The first-order valence-electron chi connectivity index (χ1n) is 9.11. The van der Waals surface area contributed by atoms with Crippen molar-refractivity contribution in [1.29, 1.82) is 0 Å². The first-order valence-corrected chi connectivity index (χ1v) is 9.11. The number of nitrogens with zero attached hydrogens (tertiary/aromatic N) is 3. The van der Waals surface area contributed by atoms with Crippen LogP contribution in [0.3, 0.4) is 0 Å². The van der Waals surface area contributed by atoms with E-state index in [4.69, 9.17) is 4.74 Å². The van der Waals surface area contributed by atoms with Gasteiger partial charge in [0.05, 0.1) is 11.9 Å². The molecule has 2 fully saturated rings. The van der Waals surface area contributed by atoms with Crippen LogP contribution in [0.4, 0.5) is 4.39 Å². The van der Waals surface area contributed by atoms with Crippen molar-refractivity contribution in [2.24, 2.45) is 0 Å². The third kappa shape index (κ3) is 3.64. The van der Waals surface area contributed by atoms with Crippen LogP contribution in [0.15, 0.2) is 30.5 Å². The van der Waals surface area contributed by atoms with Gasteiger partial charge < -0.3 is 9.64 Å². The number of aromatic nitrogens is 2. The fourth-order valence-electron chi connectivity index (χ4n) is 3.64. The lowest BCUT2D eigenvalue weighted by Crippen LogP contribution is -2.51. The minimum Gasteiger partial charge on any atom is -0.368 e. The van der Waals surface area contributed by atoms with E-state index in [0.29, 0.717) is 6.61 Å². The molecule has 26 heavy (non-hydrogen) atoms. The number of ether oxygens (including phenoxy) is 1. The zero-order chi connectivity index (χ0) is 17.9. The maximum atomic E-state index is 13.1. The molecule has 0 bridgehead atoms. The van der Waals surface area contributed by atoms with E-state index in [2.05, 4.69) is 15.1 Å². The van der Waals surface area contributed by atoms with Gasteiger partial charge in [0.1, 0.15) is 11.9 Å². The van der Waals surface area contributed by atoms with Crippen LogP contribution >= 0.6 is 0 Å². The number of aromatic amines is 1. The Hall–Kier alpha value is -2.25. The molecule has 4 rings (SSSR count). The normalized spacial score (nSPS) is 21.3. The number of piperazine rings is 1. The third-order valence-electron chi connectivity index (χ3n) is 5.13. The van der Waals surface area contributed by atoms with Gasteiger partial charge in [0.2, 0.25) is 0 Å². The van der Waals surface area contributed by atoms with Crippen molar-refractivity contribution >= 4 is 5.91 Å². The van der Waals surface area contributed by atoms with Crippen LogP contribution in [0.1, 0.15) is 18.4 Å². The molecule has 0 aliphatic carbocycles. The molecule has 2 aliphatic rings. The number of amides is 1. The molecule has 1 unspecified atom stereocenters. The van der Waals surface area contributed by atoms with Crippen molar-refractivity contribution in [2.45, 2.75) is 25.5 Å². The summed E-state index contributed by atoms with van der Waals surface area (Å²) in [5, 5.41) is 7.17. The topological polar surface area (TPSA) is 61.5 Å². The number of hydrogen-bond donors (Lipinski definition) is 1. The molecular formula is C19H23FN4O2. The highest BCUT2D eigenvalue weighted by molar-refractivity contribution is 5.81. The first-order chi connectivity index (χ1) is 12.7. The Kier molecular flexibility index (Phi) is 4.99. The summed E-state index contributed by atoms with van der Waals surface area (Å²) >= 11 is 0. The van der Waals surface area contributed by atoms with E-state index in [1.54, 1.807) is 12.1 Å². The fourth-order valence-corrected chi connectivity index (χ4v) is 3.64. The summed E-state index contributed by atoms with van der Waals surface area (Å²) in [6, 6.07) is 6.42. The summed E-state index contributed by atoms with van der Waals surface area (Å²) in [5.74, 6) is -0.112. The number of H-pyrrole nitrogens is 1. The summed E-state index contributed by atoms with van der Waals surface area (Å²) in [7, 11) is 0. The summed E-state index contributed by atoms with van der Waals surface area (Å²) in [4.78, 5) is 16.7. The maximum Gasteiger partial charge on any atom is 0.251 e. The second kappa shape index (κ2) is 7.55. The average Bonchev–Trinajstić information content (AvgIpc) is 3.35. The molecule has 0 radical (unpaired) electrons. The van der Waals surface area contributed by atoms with E-state index in [1.165, 1.54) is 12.1 Å². The fraction of sp³-hybridized carbons (Fsp3) is 0.474. The maximum absolute atomic E-state index is 13.1. The number of rotatable bonds is 4. The van der Waals surface area contributed by atoms with Gasteiger partial charge in [-0.15, -0.1) is 0 Å². The Bertz CT molecular complexity index is 747. The van der Waals surface area contributed by atoms with Crippen molar-refractivity contribution in [1.82, 2.24) is 20.0 Å². The smallest absolute Gasteiger partial charge is 0.251 e. The second-order valence-corrected chi connectivity index (χ2v) is 6.88. The predicted molar refractivity (Wildman–Crippen MR) is 94.8 cm³/mol. The van der Waals surface area contributed by atoms with E-state index in [9.17, 15) is 9.18 Å². The van der Waals surface area contributed by atoms with Gasteiger partial charge in [-0.25, -0.2) is 4.39 Å². The molecule has 1 aromatic carbocycles. The minimum atomic E-state index is -0.248. The highest BCUT2D eigenvalue weighted by atomic mass is 19.1. The molecular weight excluding hydrogens is 335 g/mol. The van der Waals surface area contributed by atoms with Crippen LogP contribution in [0.5, 0.6) is 0 Å². The second-order valence-electron chi connectivity index (χ2n) is 6.88. The van der Waals surface area contributed by atoms with Crippen molar-refractivity contribution in [3.05, 3.63) is 41.8 Å². The van der Waals surface area contributed by atoms with Gasteiger partial charge in [0, 0.05) is 50.5 Å². The van der Waals surface area contributed by atoms with Crippen molar-refractivity contribution in [3.8, 4) is 11.3 Å². The summed E-state index contributed by atoms with van der Waals surface area (Å²) in [5.41, 5.74) is 2.92. The average molecular weight is 358 g/mol. The van der Waals surface area contributed by atoms with Gasteiger partial charge in [-0.3, -0.25) is 14.8 Å². The quantitative estimate of drug-likeness (QED) is 0.909. The SMILES string of the molecule is O=C(C1CCCO1)N1CCN(Cc2cn[nH]c2-c2ccc(F)cc2)CC1. The lowest BCUT2D eigenvalue weighted by atomic mass is 10.1. The number of carbonyl (C=O) groups excluding carboxylic acids is 1. The van der Waals surface area contributed by atoms with Gasteiger partial charge >= 0.3 is 0 Å². The number of nitrogens with one attached hydrogen (secondary N) is 1. The Morgan fingerprint density at radius 3 is 2.69 bits per heavy atom. The molecule has 2 aliphatic heterocycles. The minimum absolute atomic E-state index is 0.137. The largest absolute Gasteiger partial charge is 0.368 e. The van der Waals surface area contributed by atoms with E-state index in [0.717, 1.165) is 62.4 Å². The van der Waals surface area contributed by atoms with E-state index < -0.39 is 0 Å². The van der Waals surface area contributed by atoms with Crippen molar-refractivity contribution in [3.63, 3.8) is 0 Å². The van der Waals surface area contributed by atoms with Gasteiger partial charge in [-0.1, -0.05) is 0 Å². The molecule has 1 atom stereocenters. The highest BCUT2D eigenvalue weighted by Gasteiger charge is 2.30. The van der Waals surface area contributed by atoms with Crippen LogP contribution < -0.4 is 0 Å². The van der Waals surface area contributed by atoms with Gasteiger partial charge in [0.25, 0.3) is 5.91 Å². The molecule has 1 amide bonds. The zero-order valence-corrected chi connectivity index (χ0v) is 14.7. The Morgan fingerprint density at radius 2 is 2.00 bits per heavy atom. The van der Waals surface area contributed by atoms with Crippen LogP contribution in [-0.4, -0.2) is 64.8 Å². The first kappa shape index (κ1) is 17.2. The molecule has 1 aromatic heterocycles. The molecule has 2 aromatic rings. The molecule has 6 nitrogen and oxygen atoms in total. The van der Waals surface area contributed by atoms with Crippen molar-refractivity contribution < 1.29 is 13.9 Å². The van der Waals surface area contributed by atoms with E-state index in [-0.39, 0.29) is 17.8 Å². The predicted octanol–water partition coefficient (Wildman–Crippen LogP) is 2.04. The Morgan fingerprint density at radius 1 is 1.23 bits per heavy atom. The Labute approximate surface area is 151 Å². The zero-order valence-electron chi connectivity index (χ0n) is 14.7. The van der Waals surface area contributed by atoms with Gasteiger partial charge in [-0.2, -0.15) is 5.10 Å². The van der Waals surface area contributed by atoms with E-state index >= 15 is 0 Å². The van der Waals surface area contributed by atoms with Crippen LogP contribution in [-0.2, 0) is 16.1 Å². The van der Waals surface area contributed by atoms with Crippen molar-refractivity contribution in [2.75, 3.05) is 32.8 Å². The number of halogens is 1. The van der Waals surface area contributed by atoms with Crippen LogP contribution in [0.2, 0.25) is 0 Å². The molecule has 3 heterocycles. The monoisotopic (exact) mass is 358 g/mol. The number of hydrogen-bond acceptors (Lipinski definition) is 4. The summed E-state index contributed by atoms with van der Waals surface area (Å²) in [6.45, 7) is 4.55. The summed E-state index contributed by atoms with van der Waals surface area (Å²) < 4.78 is 18.6. The molecule has 138 valence electrons. The molecule has 1 N–H and O–H groups in total. The summed E-state index contributed by atoms with van der Waals surface area (Å²) in [6.07, 6.45) is 3.40. The number of benzene rings is 1. The third-order valence-corrected chi connectivity index (χ3v) is 5.13. The molecule has 0 saturated carbocycles. The van der Waals surface area contributed by atoms with Crippen LogP contribution in [0, 0.1) is 5.82 Å². The lowest BCUT2D eigenvalue weighted by molar-refractivity contribution is -0.142.